The molecule has 0 fully saturated rings. The highest BCUT2D eigenvalue weighted by molar-refractivity contribution is 6.01. The molecule has 4 rings (SSSR count). The number of benzene rings is 2. The van der Waals surface area contributed by atoms with Crippen LogP contribution in [-0.2, 0) is 4.79 Å². The number of aromatic nitrogens is 3. The zero-order valence-corrected chi connectivity index (χ0v) is 18.5. The number of ether oxygens (including phenoxy) is 2. The Morgan fingerprint density at radius 1 is 1.00 bits per heavy atom. The van der Waals surface area contributed by atoms with Crippen LogP contribution in [-0.4, -0.2) is 35.1 Å². The number of anilines is 3. The molecule has 2 aromatic carbocycles. The Kier molecular flexibility index (Phi) is 6.17. The van der Waals surface area contributed by atoms with Crippen LogP contribution in [0.1, 0.15) is 5.56 Å². The first-order valence-electron chi connectivity index (χ1n) is 10.2. The second kappa shape index (κ2) is 9.35. The summed E-state index contributed by atoms with van der Waals surface area (Å²) in [4.78, 5) is 25.3. The fourth-order valence-electron chi connectivity index (χ4n) is 3.35. The van der Waals surface area contributed by atoms with Crippen molar-refractivity contribution in [3.8, 4) is 22.6 Å². The van der Waals surface area contributed by atoms with E-state index < -0.39 is 0 Å². The summed E-state index contributed by atoms with van der Waals surface area (Å²) in [6.45, 7) is 5.43. The van der Waals surface area contributed by atoms with Gasteiger partial charge in [0.1, 0.15) is 11.5 Å². The van der Waals surface area contributed by atoms with Crippen molar-refractivity contribution < 1.29 is 14.3 Å². The summed E-state index contributed by atoms with van der Waals surface area (Å²) in [5, 5.41) is 6.77. The average Bonchev–Trinajstić information content (AvgIpc) is 2.85. The second-order valence-corrected chi connectivity index (χ2v) is 7.25. The molecule has 0 unspecified atom stereocenters. The minimum absolute atomic E-state index is 0.300. The highest BCUT2D eigenvalue weighted by atomic mass is 16.5. The summed E-state index contributed by atoms with van der Waals surface area (Å²) < 4.78 is 10.7. The summed E-state index contributed by atoms with van der Waals surface area (Å²) in [5.74, 6) is 1.45. The van der Waals surface area contributed by atoms with Crippen LogP contribution in [0, 0.1) is 6.92 Å². The van der Waals surface area contributed by atoms with Crippen molar-refractivity contribution in [2.45, 2.75) is 6.92 Å². The monoisotopic (exact) mass is 441 g/mol. The number of carbonyl (C=O) groups is 1. The van der Waals surface area contributed by atoms with Gasteiger partial charge in [0.2, 0.25) is 11.9 Å². The molecule has 0 aliphatic carbocycles. The third kappa shape index (κ3) is 4.74. The molecule has 4 aromatic rings. The number of hydrogen-bond donors (Lipinski definition) is 2. The normalized spacial score (nSPS) is 10.5. The van der Waals surface area contributed by atoms with Crippen molar-refractivity contribution in [3.05, 3.63) is 73.1 Å². The van der Waals surface area contributed by atoms with E-state index in [0.29, 0.717) is 34.5 Å². The van der Waals surface area contributed by atoms with Crippen LogP contribution in [0.3, 0.4) is 0 Å². The predicted octanol–water partition coefficient (Wildman–Crippen LogP) is 4.89. The highest BCUT2D eigenvalue weighted by Crippen LogP contribution is 2.31. The topological polar surface area (TPSA) is 98.3 Å². The van der Waals surface area contributed by atoms with Gasteiger partial charge in [-0.25, -0.2) is 9.97 Å². The number of methoxy groups -OCH3 is 2. The van der Waals surface area contributed by atoms with E-state index >= 15 is 0 Å². The lowest BCUT2D eigenvalue weighted by Gasteiger charge is -2.14. The van der Waals surface area contributed by atoms with Crippen LogP contribution in [0.25, 0.3) is 22.2 Å². The van der Waals surface area contributed by atoms with Crippen LogP contribution in [0.15, 0.2) is 67.5 Å². The van der Waals surface area contributed by atoms with Crippen molar-refractivity contribution >= 4 is 34.3 Å². The van der Waals surface area contributed by atoms with Crippen LogP contribution in [0.5, 0.6) is 11.5 Å². The molecule has 0 aliphatic heterocycles. The van der Waals surface area contributed by atoms with E-state index in [-0.39, 0.29) is 5.91 Å². The summed E-state index contributed by atoms with van der Waals surface area (Å²) in [6.07, 6.45) is 4.67. The number of carbonyl (C=O) groups excluding carboxylic acids is 1. The van der Waals surface area contributed by atoms with Crippen LogP contribution in [0.2, 0.25) is 0 Å². The first-order chi connectivity index (χ1) is 16.0. The molecule has 166 valence electrons. The van der Waals surface area contributed by atoms with Crippen LogP contribution in [0.4, 0.5) is 17.3 Å². The molecule has 1 amide bonds. The van der Waals surface area contributed by atoms with Gasteiger partial charge in [-0.2, -0.15) is 4.98 Å². The number of nitrogens with one attached hydrogen (secondary N) is 2. The molecule has 0 atom stereocenters. The fraction of sp³-hybridized carbons (Fsp3) is 0.120. The maximum absolute atomic E-state index is 11.8. The number of para-hydroxylation sites is 1. The quantitative estimate of drug-likeness (QED) is 0.394. The van der Waals surface area contributed by atoms with E-state index in [1.54, 1.807) is 32.7 Å². The van der Waals surface area contributed by atoms with E-state index in [0.717, 1.165) is 22.1 Å². The number of amides is 1. The lowest BCUT2D eigenvalue weighted by molar-refractivity contribution is -0.111. The number of nitrogens with zero attached hydrogens (tertiary/aromatic N) is 3. The van der Waals surface area contributed by atoms with Crippen molar-refractivity contribution in [3.63, 3.8) is 0 Å². The van der Waals surface area contributed by atoms with E-state index in [1.165, 1.54) is 6.08 Å². The zero-order valence-electron chi connectivity index (χ0n) is 18.5. The fourth-order valence-corrected chi connectivity index (χ4v) is 3.35. The lowest BCUT2D eigenvalue weighted by Crippen LogP contribution is -2.10. The van der Waals surface area contributed by atoms with E-state index in [2.05, 4.69) is 32.2 Å². The number of fused-ring (bicyclic) bond motifs is 1. The summed E-state index contributed by atoms with van der Waals surface area (Å²) in [6, 6.07) is 13.2. The van der Waals surface area contributed by atoms with Gasteiger partial charge in [-0.05, 0) is 48.4 Å². The molecule has 2 aromatic heterocycles. The van der Waals surface area contributed by atoms with Gasteiger partial charge in [0.25, 0.3) is 0 Å². The van der Waals surface area contributed by atoms with Gasteiger partial charge in [0, 0.05) is 29.4 Å². The van der Waals surface area contributed by atoms with Gasteiger partial charge in [-0.3, -0.25) is 4.79 Å². The Morgan fingerprint density at radius 3 is 2.45 bits per heavy atom. The van der Waals surface area contributed by atoms with Gasteiger partial charge in [0.15, 0.2) is 5.65 Å². The Balaban J connectivity index is 1.66. The zero-order chi connectivity index (χ0) is 23.4. The average molecular weight is 441 g/mol. The minimum Gasteiger partial charge on any atom is -0.497 e. The molecule has 0 saturated heterocycles. The molecule has 2 N–H and O–H groups in total. The van der Waals surface area contributed by atoms with Gasteiger partial charge < -0.3 is 20.1 Å². The standard InChI is InChI=1S/C25H23N5O3/c1-5-22(31)28-21-8-6-7-15(2)23(21)29-25-27-14-18-9-17(13-26-24(18)30-25)16-10-19(32-3)12-20(11-16)33-4/h5-14H,1H2,2-4H3,(H,28,31)(H,26,27,29,30). The van der Waals surface area contributed by atoms with Gasteiger partial charge in [-0.15, -0.1) is 0 Å². The van der Waals surface area contributed by atoms with E-state index in [1.807, 2.05) is 43.3 Å². The van der Waals surface area contributed by atoms with Crippen molar-refractivity contribution in [1.82, 2.24) is 15.0 Å². The number of pyridine rings is 1. The smallest absolute Gasteiger partial charge is 0.247 e. The SMILES string of the molecule is C=CC(=O)Nc1cccc(C)c1Nc1ncc2cc(-c3cc(OC)cc(OC)c3)cnc2n1. The molecule has 8 nitrogen and oxygen atoms in total. The maximum Gasteiger partial charge on any atom is 0.247 e. The molecule has 0 aliphatic rings. The van der Waals surface area contributed by atoms with Crippen LogP contribution >= 0.6 is 0 Å². The molecule has 2 heterocycles. The molecular weight excluding hydrogens is 418 g/mol. The Bertz CT molecular complexity index is 1330. The summed E-state index contributed by atoms with van der Waals surface area (Å²) in [7, 11) is 3.23. The van der Waals surface area contributed by atoms with Crippen molar-refractivity contribution in [2.75, 3.05) is 24.9 Å². The summed E-state index contributed by atoms with van der Waals surface area (Å²) in [5.41, 5.74) is 4.57. The third-order valence-corrected chi connectivity index (χ3v) is 5.07. The predicted molar refractivity (Wildman–Crippen MR) is 129 cm³/mol. The van der Waals surface area contributed by atoms with E-state index in [4.69, 9.17) is 9.47 Å². The van der Waals surface area contributed by atoms with Crippen molar-refractivity contribution in [1.29, 1.82) is 0 Å². The summed E-state index contributed by atoms with van der Waals surface area (Å²) >= 11 is 0. The highest BCUT2D eigenvalue weighted by Gasteiger charge is 2.11. The van der Waals surface area contributed by atoms with Gasteiger partial charge >= 0.3 is 0 Å². The number of rotatable bonds is 7. The largest absolute Gasteiger partial charge is 0.497 e. The third-order valence-electron chi connectivity index (χ3n) is 5.07. The first-order valence-corrected chi connectivity index (χ1v) is 10.2. The van der Waals surface area contributed by atoms with Gasteiger partial charge in [-0.1, -0.05) is 18.7 Å². The lowest BCUT2D eigenvalue weighted by atomic mass is 10.1. The van der Waals surface area contributed by atoms with Crippen molar-refractivity contribution in [2.24, 2.45) is 0 Å². The maximum atomic E-state index is 11.8. The molecule has 0 radical (unpaired) electrons. The Labute approximate surface area is 191 Å². The molecule has 0 spiro atoms. The minimum atomic E-state index is -0.300. The first kappa shape index (κ1) is 21.8. The number of hydrogen-bond acceptors (Lipinski definition) is 7. The van der Waals surface area contributed by atoms with Gasteiger partial charge in [0.05, 0.1) is 25.6 Å². The second-order valence-electron chi connectivity index (χ2n) is 7.25. The van der Waals surface area contributed by atoms with E-state index in [9.17, 15) is 4.79 Å². The van der Waals surface area contributed by atoms with Crippen LogP contribution < -0.4 is 20.1 Å². The Hall–Kier alpha value is -4.46. The molecule has 8 heteroatoms. The molecule has 0 bridgehead atoms. The molecule has 33 heavy (non-hydrogen) atoms. The molecular formula is C25H23N5O3. The molecule has 0 saturated carbocycles. The Morgan fingerprint density at radius 2 is 1.76 bits per heavy atom. The number of aryl methyl sites for hydroxylation is 1.